The SMILES string of the molecule is CCNC1(C(N)=O)CN(c2c(C)cnc3c(-c4ccc(Cl)cc4)c(-c4ccccc4Cl)nn23)C1. The highest BCUT2D eigenvalue weighted by atomic mass is 35.5. The van der Waals surface area contributed by atoms with E-state index in [1.54, 1.807) is 0 Å². The highest BCUT2D eigenvalue weighted by Crippen LogP contribution is 2.40. The van der Waals surface area contributed by atoms with Gasteiger partial charge in [-0.3, -0.25) is 4.79 Å². The fourth-order valence-corrected chi connectivity index (χ4v) is 4.97. The van der Waals surface area contributed by atoms with E-state index in [2.05, 4.69) is 10.2 Å². The van der Waals surface area contributed by atoms with Gasteiger partial charge in [0.1, 0.15) is 17.1 Å². The second kappa shape index (κ2) is 8.58. The monoisotopic (exact) mass is 494 g/mol. The third kappa shape index (κ3) is 3.60. The molecule has 3 N–H and O–H groups in total. The van der Waals surface area contributed by atoms with Crippen LogP contribution in [-0.4, -0.2) is 45.7 Å². The Morgan fingerprint density at radius 2 is 1.85 bits per heavy atom. The van der Waals surface area contributed by atoms with Crippen LogP contribution in [0.3, 0.4) is 0 Å². The molecule has 0 saturated carbocycles. The van der Waals surface area contributed by atoms with Crippen molar-refractivity contribution in [1.29, 1.82) is 0 Å². The Morgan fingerprint density at radius 3 is 2.50 bits per heavy atom. The third-order valence-corrected chi connectivity index (χ3v) is 6.85. The fraction of sp³-hybridized carbons (Fsp3) is 0.240. The second-order valence-electron chi connectivity index (χ2n) is 8.54. The van der Waals surface area contributed by atoms with E-state index in [4.69, 9.17) is 39.0 Å². The topological polar surface area (TPSA) is 88.5 Å². The van der Waals surface area contributed by atoms with Gasteiger partial charge in [0.05, 0.1) is 10.6 Å². The molecular weight excluding hydrogens is 471 g/mol. The molecule has 9 heteroatoms. The number of hydrogen-bond donors (Lipinski definition) is 2. The molecule has 0 bridgehead atoms. The molecule has 0 atom stereocenters. The molecule has 4 aromatic rings. The number of carbonyl (C=O) groups is 1. The molecule has 174 valence electrons. The standard InChI is InChI=1S/C25H24Cl2N6O/c1-3-30-25(24(28)34)13-32(14-25)23-15(2)12-29-22-20(16-8-10-17(26)11-9-16)21(31-33(22)23)18-6-4-5-7-19(18)27/h4-12,30H,3,13-14H2,1-2H3,(H2,28,34). The van der Waals surface area contributed by atoms with Crippen LogP contribution in [0.2, 0.25) is 10.0 Å². The van der Waals surface area contributed by atoms with Crippen LogP contribution in [0.25, 0.3) is 28.0 Å². The lowest BCUT2D eigenvalue weighted by molar-refractivity contribution is -0.125. The summed E-state index contributed by atoms with van der Waals surface area (Å²) in [6, 6.07) is 15.2. The number of nitrogens with zero attached hydrogens (tertiary/aromatic N) is 4. The molecule has 2 aromatic carbocycles. The Hall–Kier alpha value is -3.13. The summed E-state index contributed by atoms with van der Waals surface area (Å²) in [5, 5.41) is 9.50. The van der Waals surface area contributed by atoms with Crippen LogP contribution in [0.1, 0.15) is 12.5 Å². The molecule has 0 spiro atoms. The van der Waals surface area contributed by atoms with Crippen molar-refractivity contribution in [2.45, 2.75) is 19.4 Å². The number of hydrogen-bond acceptors (Lipinski definition) is 5. The minimum absolute atomic E-state index is 0.354. The summed E-state index contributed by atoms with van der Waals surface area (Å²) in [6.45, 7) is 5.51. The third-order valence-electron chi connectivity index (χ3n) is 6.26. The molecular formula is C25H24Cl2N6O. The average molecular weight is 495 g/mol. The summed E-state index contributed by atoms with van der Waals surface area (Å²) in [7, 11) is 0. The molecule has 3 heterocycles. The maximum atomic E-state index is 12.2. The first kappa shape index (κ1) is 22.7. The highest BCUT2D eigenvalue weighted by Gasteiger charge is 2.48. The van der Waals surface area contributed by atoms with Gasteiger partial charge < -0.3 is 16.0 Å². The number of nitrogens with two attached hydrogens (primary N) is 1. The van der Waals surface area contributed by atoms with Crippen LogP contribution in [0.4, 0.5) is 5.82 Å². The van der Waals surface area contributed by atoms with E-state index in [1.165, 1.54) is 0 Å². The van der Waals surface area contributed by atoms with Gasteiger partial charge in [-0.05, 0) is 37.2 Å². The number of fused-ring (bicyclic) bond motifs is 1. The van der Waals surface area contributed by atoms with E-state index in [9.17, 15) is 4.79 Å². The number of aryl methyl sites for hydroxylation is 1. The smallest absolute Gasteiger partial charge is 0.241 e. The molecule has 0 aliphatic carbocycles. The number of anilines is 1. The number of aromatic nitrogens is 3. The van der Waals surface area contributed by atoms with Crippen molar-refractivity contribution < 1.29 is 4.79 Å². The largest absolute Gasteiger partial charge is 0.368 e. The number of carbonyl (C=O) groups excluding carboxylic acids is 1. The molecule has 2 aromatic heterocycles. The quantitative estimate of drug-likeness (QED) is 0.416. The Kier molecular flexibility index (Phi) is 5.72. The number of primary amides is 1. The first-order valence-corrected chi connectivity index (χ1v) is 11.8. The van der Waals surface area contributed by atoms with Gasteiger partial charge in [-0.15, -0.1) is 0 Å². The van der Waals surface area contributed by atoms with E-state index < -0.39 is 5.54 Å². The van der Waals surface area contributed by atoms with Crippen LogP contribution >= 0.6 is 23.2 Å². The van der Waals surface area contributed by atoms with Crippen LogP contribution in [0, 0.1) is 6.92 Å². The van der Waals surface area contributed by atoms with Crippen molar-refractivity contribution in [1.82, 2.24) is 19.9 Å². The van der Waals surface area contributed by atoms with Gasteiger partial charge in [-0.25, -0.2) is 4.98 Å². The Balaban J connectivity index is 1.72. The molecule has 0 unspecified atom stereocenters. The molecule has 1 saturated heterocycles. The Bertz CT molecular complexity index is 1390. The van der Waals surface area contributed by atoms with Crippen molar-refractivity contribution in [3.05, 3.63) is 70.3 Å². The summed E-state index contributed by atoms with van der Waals surface area (Å²) in [5.41, 5.74) is 9.93. The lowest BCUT2D eigenvalue weighted by Gasteiger charge is -2.49. The highest BCUT2D eigenvalue weighted by molar-refractivity contribution is 6.33. The normalized spacial score (nSPS) is 14.9. The van der Waals surface area contributed by atoms with Crippen LogP contribution in [0.15, 0.2) is 54.7 Å². The molecule has 34 heavy (non-hydrogen) atoms. The van der Waals surface area contributed by atoms with Gasteiger partial charge in [0.2, 0.25) is 5.91 Å². The lowest BCUT2D eigenvalue weighted by atomic mass is 9.88. The Morgan fingerprint density at radius 1 is 1.15 bits per heavy atom. The zero-order valence-corrected chi connectivity index (χ0v) is 20.4. The molecule has 1 aliphatic rings. The maximum Gasteiger partial charge on any atom is 0.241 e. The zero-order valence-electron chi connectivity index (χ0n) is 18.8. The summed E-state index contributed by atoms with van der Waals surface area (Å²) in [5.74, 6) is 0.515. The molecule has 1 fully saturated rings. The average Bonchev–Trinajstić information content (AvgIpc) is 3.16. The van der Waals surface area contributed by atoms with E-state index in [0.29, 0.717) is 35.3 Å². The predicted molar refractivity (Wildman–Crippen MR) is 136 cm³/mol. The number of amides is 1. The molecule has 0 radical (unpaired) electrons. The summed E-state index contributed by atoms with van der Waals surface area (Å²) >= 11 is 12.7. The van der Waals surface area contributed by atoms with E-state index in [-0.39, 0.29) is 5.91 Å². The van der Waals surface area contributed by atoms with Crippen LogP contribution in [0.5, 0.6) is 0 Å². The fourth-order valence-electron chi connectivity index (χ4n) is 4.61. The second-order valence-corrected chi connectivity index (χ2v) is 9.39. The number of likely N-dealkylation sites (N-methyl/N-ethyl adjacent to an activating group) is 1. The van der Waals surface area contributed by atoms with Gasteiger partial charge in [0.15, 0.2) is 5.65 Å². The van der Waals surface area contributed by atoms with Crippen molar-refractivity contribution in [2.75, 3.05) is 24.5 Å². The molecule has 5 rings (SSSR count). The van der Waals surface area contributed by atoms with Gasteiger partial charge in [-0.1, -0.05) is 60.5 Å². The predicted octanol–water partition coefficient (Wildman–Crippen LogP) is 4.33. The molecule has 7 nitrogen and oxygen atoms in total. The van der Waals surface area contributed by atoms with Crippen molar-refractivity contribution in [3.8, 4) is 22.4 Å². The van der Waals surface area contributed by atoms with E-state index >= 15 is 0 Å². The molecule has 1 amide bonds. The van der Waals surface area contributed by atoms with Crippen LogP contribution < -0.4 is 16.0 Å². The maximum absolute atomic E-state index is 12.2. The summed E-state index contributed by atoms with van der Waals surface area (Å²) in [6.07, 6.45) is 1.83. The molecule has 1 aliphatic heterocycles. The number of nitrogens with one attached hydrogen (secondary N) is 1. The first-order valence-electron chi connectivity index (χ1n) is 11.0. The van der Waals surface area contributed by atoms with Crippen molar-refractivity contribution in [2.24, 2.45) is 5.73 Å². The van der Waals surface area contributed by atoms with E-state index in [1.807, 2.05) is 73.1 Å². The lowest BCUT2D eigenvalue weighted by Crippen LogP contribution is -2.75. The van der Waals surface area contributed by atoms with Gasteiger partial charge in [0.25, 0.3) is 0 Å². The van der Waals surface area contributed by atoms with Crippen LogP contribution in [-0.2, 0) is 4.79 Å². The zero-order chi connectivity index (χ0) is 24.0. The number of rotatable bonds is 6. The van der Waals surface area contributed by atoms with E-state index in [0.717, 1.165) is 33.8 Å². The van der Waals surface area contributed by atoms with Crippen molar-refractivity contribution >= 4 is 40.6 Å². The Labute approximate surface area is 207 Å². The van der Waals surface area contributed by atoms with Crippen molar-refractivity contribution in [3.63, 3.8) is 0 Å². The minimum Gasteiger partial charge on any atom is -0.368 e. The summed E-state index contributed by atoms with van der Waals surface area (Å²) in [4.78, 5) is 19.0. The first-order chi connectivity index (χ1) is 16.3. The number of halogens is 2. The minimum atomic E-state index is -0.755. The number of benzene rings is 2. The van der Waals surface area contributed by atoms with Gasteiger partial charge in [0, 0.05) is 35.4 Å². The van der Waals surface area contributed by atoms with Gasteiger partial charge >= 0.3 is 0 Å². The van der Waals surface area contributed by atoms with Gasteiger partial charge in [-0.2, -0.15) is 9.61 Å². The summed E-state index contributed by atoms with van der Waals surface area (Å²) < 4.78 is 1.84.